The molecule has 0 saturated heterocycles. The highest BCUT2D eigenvalue weighted by molar-refractivity contribution is 5.97. The quantitative estimate of drug-likeness (QED) is 0.615. The lowest BCUT2D eigenvalue weighted by Gasteiger charge is -2.36. The molecule has 134 valence electrons. The van der Waals surface area contributed by atoms with Crippen molar-refractivity contribution in [3.63, 3.8) is 0 Å². The van der Waals surface area contributed by atoms with Gasteiger partial charge in [0.25, 0.3) is 0 Å². The highest BCUT2D eigenvalue weighted by atomic mass is 16.5. The summed E-state index contributed by atoms with van der Waals surface area (Å²) in [5.74, 6) is 0.157. The van der Waals surface area contributed by atoms with Crippen molar-refractivity contribution in [3.05, 3.63) is 47.7 Å². The molecule has 3 rings (SSSR count). The first-order chi connectivity index (χ1) is 12.2. The van der Waals surface area contributed by atoms with Crippen LogP contribution in [0.3, 0.4) is 0 Å². The Morgan fingerprint density at radius 3 is 2.88 bits per heavy atom. The Bertz CT molecular complexity index is 790. The van der Waals surface area contributed by atoms with Crippen LogP contribution in [0.25, 0.3) is 10.9 Å². The molecule has 1 aliphatic rings. The van der Waals surface area contributed by atoms with Gasteiger partial charge >= 0.3 is 0 Å². The summed E-state index contributed by atoms with van der Waals surface area (Å²) in [7, 11) is 1.71. The number of carbonyl (C=O) groups is 1. The van der Waals surface area contributed by atoms with E-state index < -0.39 is 0 Å². The summed E-state index contributed by atoms with van der Waals surface area (Å²) in [6.45, 7) is 2.96. The second-order valence-corrected chi connectivity index (χ2v) is 6.74. The minimum atomic E-state index is -0.162. The first-order valence-corrected chi connectivity index (χ1v) is 9.12. The van der Waals surface area contributed by atoms with Crippen molar-refractivity contribution in [3.8, 4) is 0 Å². The lowest BCUT2D eigenvalue weighted by atomic mass is 9.73. The summed E-state index contributed by atoms with van der Waals surface area (Å²) >= 11 is 0. The minimum Gasteiger partial charge on any atom is -0.396 e. The van der Waals surface area contributed by atoms with Gasteiger partial charge in [0, 0.05) is 43.2 Å². The van der Waals surface area contributed by atoms with Gasteiger partial charge in [0.1, 0.15) is 0 Å². The Morgan fingerprint density at radius 2 is 2.16 bits per heavy atom. The second-order valence-electron chi connectivity index (χ2n) is 6.74. The van der Waals surface area contributed by atoms with E-state index in [9.17, 15) is 9.90 Å². The average Bonchev–Trinajstić information content (AvgIpc) is 2.97. The fraction of sp³-hybridized carbons (Fsp3) is 0.476. The lowest BCUT2D eigenvalue weighted by Crippen LogP contribution is -2.35. The van der Waals surface area contributed by atoms with Crippen LogP contribution in [0.15, 0.2) is 36.4 Å². The fourth-order valence-corrected chi connectivity index (χ4v) is 4.13. The number of aliphatic hydroxyl groups is 1. The fourth-order valence-electron chi connectivity index (χ4n) is 4.13. The normalized spacial score (nSPS) is 20.5. The first-order valence-electron chi connectivity index (χ1n) is 9.12. The van der Waals surface area contributed by atoms with E-state index >= 15 is 0 Å². The van der Waals surface area contributed by atoms with Gasteiger partial charge in [-0.15, -0.1) is 0 Å². The third kappa shape index (κ3) is 3.05. The zero-order valence-corrected chi connectivity index (χ0v) is 15.1. The summed E-state index contributed by atoms with van der Waals surface area (Å²) < 4.78 is 7.06. The van der Waals surface area contributed by atoms with E-state index in [2.05, 4.69) is 25.1 Å². The van der Waals surface area contributed by atoms with Gasteiger partial charge in [0.15, 0.2) is 0 Å². The molecule has 1 aromatic heterocycles. The molecule has 0 saturated carbocycles. The van der Waals surface area contributed by atoms with Crippen LogP contribution in [0, 0.1) is 0 Å². The Labute approximate surface area is 149 Å². The molecular weight excluding hydrogens is 314 g/mol. The van der Waals surface area contributed by atoms with Gasteiger partial charge in [0.05, 0.1) is 5.52 Å². The maximum Gasteiger partial charge on any atom is 0.231 e. The number of methoxy groups -OCH3 is 1. The van der Waals surface area contributed by atoms with Crippen molar-refractivity contribution >= 4 is 16.8 Å². The number of ether oxygens (including phenoxy) is 1. The molecule has 1 atom stereocenters. The van der Waals surface area contributed by atoms with Crippen molar-refractivity contribution in [1.82, 2.24) is 4.57 Å². The van der Waals surface area contributed by atoms with Gasteiger partial charge in [-0.05, 0) is 37.3 Å². The molecule has 1 aliphatic heterocycles. The molecule has 0 amide bonds. The molecule has 0 fully saturated rings. The molecule has 4 nitrogen and oxygen atoms in total. The number of carbonyl (C=O) groups excluding carboxylic acids is 1. The molecule has 0 unspecified atom stereocenters. The number of benzene rings is 1. The van der Waals surface area contributed by atoms with Crippen molar-refractivity contribution in [2.75, 3.05) is 20.3 Å². The molecule has 1 aromatic carbocycles. The number of para-hydroxylation sites is 1. The van der Waals surface area contributed by atoms with Crippen molar-refractivity contribution < 1.29 is 14.6 Å². The number of fused-ring (bicyclic) bond motifs is 3. The number of aromatic nitrogens is 1. The molecule has 1 N–H and O–H groups in total. The summed E-state index contributed by atoms with van der Waals surface area (Å²) in [5, 5.41) is 10.7. The smallest absolute Gasteiger partial charge is 0.231 e. The van der Waals surface area contributed by atoms with Crippen LogP contribution < -0.4 is 0 Å². The SMILES string of the molecule is CC[C@]1(/C=C/CCOC)CCC(=O)n2c1c(CCO)c1ccccc12. The number of hydrogen-bond acceptors (Lipinski definition) is 3. The predicted octanol–water partition coefficient (Wildman–Crippen LogP) is 3.85. The predicted molar refractivity (Wildman–Crippen MR) is 100 cm³/mol. The zero-order valence-electron chi connectivity index (χ0n) is 15.1. The minimum absolute atomic E-state index is 0.0857. The third-order valence-corrected chi connectivity index (χ3v) is 5.40. The van der Waals surface area contributed by atoms with Crippen LogP contribution in [0.2, 0.25) is 0 Å². The van der Waals surface area contributed by atoms with E-state index in [1.807, 2.05) is 22.8 Å². The van der Waals surface area contributed by atoms with E-state index in [4.69, 9.17) is 4.74 Å². The molecule has 2 aromatic rings. The largest absolute Gasteiger partial charge is 0.396 e. The van der Waals surface area contributed by atoms with Gasteiger partial charge in [-0.1, -0.05) is 37.3 Å². The van der Waals surface area contributed by atoms with Crippen LogP contribution in [0.5, 0.6) is 0 Å². The molecule has 0 spiro atoms. The number of nitrogens with zero attached hydrogens (tertiary/aromatic N) is 1. The first kappa shape index (κ1) is 17.9. The highest BCUT2D eigenvalue weighted by Gasteiger charge is 2.40. The van der Waals surface area contributed by atoms with Gasteiger partial charge in [0.2, 0.25) is 5.91 Å². The van der Waals surface area contributed by atoms with Crippen LogP contribution in [-0.4, -0.2) is 35.9 Å². The third-order valence-electron chi connectivity index (χ3n) is 5.40. The number of allylic oxidation sites excluding steroid dienone is 1. The van der Waals surface area contributed by atoms with Gasteiger partial charge in [-0.25, -0.2) is 0 Å². The molecule has 2 heterocycles. The lowest BCUT2D eigenvalue weighted by molar-refractivity contribution is 0.0865. The van der Waals surface area contributed by atoms with Crippen molar-refractivity contribution in [1.29, 1.82) is 0 Å². The van der Waals surface area contributed by atoms with Crippen LogP contribution >= 0.6 is 0 Å². The summed E-state index contributed by atoms with van der Waals surface area (Å²) in [6.07, 6.45) is 8.18. The highest BCUT2D eigenvalue weighted by Crippen LogP contribution is 2.44. The van der Waals surface area contributed by atoms with Crippen LogP contribution in [0.4, 0.5) is 0 Å². The molecule has 0 bridgehead atoms. The maximum absolute atomic E-state index is 12.8. The van der Waals surface area contributed by atoms with Gasteiger partial charge in [-0.2, -0.15) is 0 Å². The number of rotatable bonds is 7. The van der Waals surface area contributed by atoms with Crippen LogP contribution in [0.1, 0.15) is 48.7 Å². The average molecular weight is 341 g/mol. The summed E-state index contributed by atoms with van der Waals surface area (Å²) in [6, 6.07) is 8.05. The maximum atomic E-state index is 12.8. The molecule has 0 aliphatic carbocycles. The monoisotopic (exact) mass is 341 g/mol. The summed E-state index contributed by atoms with van der Waals surface area (Å²) in [5.41, 5.74) is 3.00. The Balaban J connectivity index is 2.22. The topological polar surface area (TPSA) is 51.5 Å². The van der Waals surface area contributed by atoms with Crippen molar-refractivity contribution in [2.24, 2.45) is 0 Å². The number of aliphatic hydroxyl groups excluding tert-OH is 1. The van der Waals surface area contributed by atoms with Gasteiger partial charge in [-0.3, -0.25) is 9.36 Å². The van der Waals surface area contributed by atoms with E-state index in [-0.39, 0.29) is 17.9 Å². The van der Waals surface area contributed by atoms with E-state index in [1.54, 1.807) is 7.11 Å². The Hall–Kier alpha value is -1.91. The van der Waals surface area contributed by atoms with Crippen molar-refractivity contribution in [2.45, 2.75) is 44.4 Å². The molecular formula is C21H27NO3. The van der Waals surface area contributed by atoms with E-state index in [0.29, 0.717) is 19.4 Å². The molecule has 25 heavy (non-hydrogen) atoms. The van der Waals surface area contributed by atoms with E-state index in [0.717, 1.165) is 41.4 Å². The second kappa shape index (κ2) is 7.54. The molecule has 0 radical (unpaired) electrons. The Morgan fingerprint density at radius 1 is 1.36 bits per heavy atom. The van der Waals surface area contributed by atoms with Crippen LogP contribution in [-0.2, 0) is 16.6 Å². The zero-order chi connectivity index (χ0) is 17.9. The molecule has 4 heteroatoms. The number of hydrogen-bond donors (Lipinski definition) is 1. The standard InChI is InChI=1S/C21H27NO3/c1-3-21(12-6-7-15-25-2)13-10-19(24)22-18-9-5-4-8-16(18)17(11-14-23)20(21)22/h4-6,8-9,12,23H,3,7,10-11,13-15H2,1-2H3/b12-6+/t21-/m0/s1. The van der Waals surface area contributed by atoms with E-state index in [1.165, 1.54) is 0 Å². The Kier molecular flexibility index (Phi) is 5.40. The summed E-state index contributed by atoms with van der Waals surface area (Å²) in [4.78, 5) is 12.8. The van der Waals surface area contributed by atoms with Gasteiger partial charge < -0.3 is 9.84 Å².